The summed E-state index contributed by atoms with van der Waals surface area (Å²) < 4.78 is 9.79. The van der Waals surface area contributed by atoms with Crippen molar-refractivity contribution in [3.05, 3.63) is 41.5 Å². The van der Waals surface area contributed by atoms with Gasteiger partial charge in [-0.3, -0.25) is 4.79 Å². The van der Waals surface area contributed by atoms with Crippen molar-refractivity contribution in [2.24, 2.45) is 11.7 Å². The summed E-state index contributed by atoms with van der Waals surface area (Å²) in [5.74, 6) is 1.14. The van der Waals surface area contributed by atoms with E-state index in [4.69, 9.17) is 15.2 Å². The third kappa shape index (κ3) is 7.89. The molecule has 6 nitrogen and oxygen atoms in total. The van der Waals surface area contributed by atoms with Crippen LogP contribution in [0.4, 0.5) is 0 Å². The molecule has 1 aromatic rings. The minimum atomic E-state index is -0.696. The first-order valence-corrected chi connectivity index (χ1v) is 11.6. The van der Waals surface area contributed by atoms with Crippen LogP contribution in [0.5, 0.6) is 5.75 Å². The molecule has 0 radical (unpaired) electrons. The lowest BCUT2D eigenvalue weighted by atomic mass is 9.97. The number of benzene rings is 1. The highest BCUT2D eigenvalue weighted by molar-refractivity contribution is 7.99. The van der Waals surface area contributed by atoms with Crippen LogP contribution in [-0.2, 0) is 20.1 Å². The summed E-state index contributed by atoms with van der Waals surface area (Å²) in [6.45, 7) is 11.8. The topological polar surface area (TPSA) is 81.9 Å². The highest BCUT2D eigenvalue weighted by atomic mass is 32.2. The number of hydrogen-bond acceptors (Lipinski definition) is 6. The van der Waals surface area contributed by atoms with Gasteiger partial charge in [0.25, 0.3) is 0 Å². The first kappa shape index (κ1) is 27.0. The van der Waals surface area contributed by atoms with Gasteiger partial charge in [-0.2, -0.15) is 0 Å². The van der Waals surface area contributed by atoms with Crippen LogP contribution in [0.1, 0.15) is 47.1 Å². The lowest BCUT2D eigenvalue weighted by Crippen LogP contribution is -2.55. The molecular weight excluding hydrogens is 412 g/mol. The number of methoxy groups -OCH3 is 1. The molecule has 1 rings (SSSR count). The van der Waals surface area contributed by atoms with Crippen molar-refractivity contribution in [3.63, 3.8) is 0 Å². The average molecular weight is 451 g/mol. The number of nitrogens with zero attached hydrogens (tertiary/aromatic N) is 1. The molecule has 0 aliphatic rings. The normalized spacial score (nSPS) is 14.2. The third-order valence-electron chi connectivity index (χ3n) is 5.28. The van der Waals surface area contributed by atoms with E-state index in [9.17, 15) is 9.59 Å². The van der Waals surface area contributed by atoms with Crippen molar-refractivity contribution in [1.29, 1.82) is 0 Å². The van der Waals surface area contributed by atoms with Gasteiger partial charge in [0.2, 0.25) is 5.91 Å². The van der Waals surface area contributed by atoms with Crippen molar-refractivity contribution in [1.82, 2.24) is 4.90 Å². The van der Waals surface area contributed by atoms with E-state index in [0.717, 1.165) is 17.1 Å². The van der Waals surface area contributed by atoms with Crippen LogP contribution < -0.4 is 10.5 Å². The van der Waals surface area contributed by atoms with Gasteiger partial charge in [-0.05, 0) is 51.3 Å². The van der Waals surface area contributed by atoms with Crippen LogP contribution in [-0.4, -0.2) is 54.4 Å². The first-order chi connectivity index (χ1) is 14.4. The summed E-state index contributed by atoms with van der Waals surface area (Å²) in [7, 11) is 3.38. The molecule has 174 valence electrons. The maximum absolute atomic E-state index is 13.2. The smallest absolute Gasteiger partial charge is 0.333 e. The van der Waals surface area contributed by atoms with Gasteiger partial charge in [0, 0.05) is 23.1 Å². The van der Waals surface area contributed by atoms with E-state index in [1.54, 1.807) is 50.7 Å². The van der Waals surface area contributed by atoms with Crippen molar-refractivity contribution in [3.8, 4) is 5.75 Å². The molecular formula is C24H38N2O4S. The fourth-order valence-electron chi connectivity index (χ4n) is 3.07. The molecule has 0 saturated carbocycles. The molecule has 0 heterocycles. The number of esters is 1. The Morgan fingerprint density at radius 3 is 2.29 bits per heavy atom. The Labute approximate surface area is 191 Å². The standard InChI is InChI=1S/C24H38N2O4S/c1-9-30-23(28)17(4)14-20(16(2)3)26(7)22(27)21(25)24(5,6)31-15-18-10-12-19(29-8)13-11-18/h10-14,16,20-21H,9,15,25H2,1-8H3/b17-14+/t20-,21-/m1/s1. The summed E-state index contributed by atoms with van der Waals surface area (Å²) in [6, 6.07) is 6.92. The third-order valence-corrected chi connectivity index (χ3v) is 6.76. The summed E-state index contributed by atoms with van der Waals surface area (Å²) in [5, 5.41) is 0. The zero-order valence-corrected chi connectivity index (χ0v) is 20.9. The van der Waals surface area contributed by atoms with Crippen LogP contribution >= 0.6 is 11.8 Å². The van der Waals surface area contributed by atoms with Crippen molar-refractivity contribution in [2.45, 2.75) is 64.1 Å². The molecule has 1 aromatic carbocycles. The highest BCUT2D eigenvalue weighted by Gasteiger charge is 2.36. The fourth-order valence-corrected chi connectivity index (χ4v) is 4.08. The van der Waals surface area contributed by atoms with Gasteiger partial charge < -0.3 is 20.1 Å². The largest absolute Gasteiger partial charge is 0.497 e. The number of nitrogens with two attached hydrogens (primary N) is 1. The Kier molecular flexibility index (Phi) is 10.6. The van der Waals surface area contributed by atoms with Gasteiger partial charge in [-0.15, -0.1) is 11.8 Å². The van der Waals surface area contributed by atoms with Gasteiger partial charge >= 0.3 is 5.97 Å². The molecule has 0 bridgehead atoms. The van der Waals surface area contributed by atoms with E-state index < -0.39 is 10.8 Å². The highest BCUT2D eigenvalue weighted by Crippen LogP contribution is 2.32. The molecule has 7 heteroatoms. The van der Waals surface area contributed by atoms with Gasteiger partial charge in [-0.25, -0.2) is 4.79 Å². The van der Waals surface area contributed by atoms with Crippen molar-refractivity contribution < 1.29 is 19.1 Å². The molecule has 0 spiro atoms. The van der Waals surface area contributed by atoms with Crippen molar-refractivity contribution >= 4 is 23.6 Å². The van der Waals surface area contributed by atoms with Gasteiger partial charge in [0.15, 0.2) is 0 Å². The lowest BCUT2D eigenvalue weighted by Gasteiger charge is -2.36. The minimum Gasteiger partial charge on any atom is -0.497 e. The summed E-state index contributed by atoms with van der Waals surface area (Å²) in [5.41, 5.74) is 8.06. The zero-order valence-electron chi connectivity index (χ0n) is 20.1. The number of ether oxygens (including phenoxy) is 2. The number of carbonyl (C=O) groups is 2. The van der Waals surface area contributed by atoms with Crippen LogP contribution in [0.25, 0.3) is 0 Å². The van der Waals surface area contributed by atoms with Crippen LogP contribution in [0, 0.1) is 5.92 Å². The molecule has 2 atom stereocenters. The predicted octanol–water partition coefficient (Wildman–Crippen LogP) is 4.03. The Bertz CT molecular complexity index is 759. The second-order valence-electron chi connectivity index (χ2n) is 8.47. The molecule has 0 unspecified atom stereocenters. The quantitative estimate of drug-likeness (QED) is 0.405. The Hall–Kier alpha value is -1.99. The van der Waals surface area contributed by atoms with E-state index in [2.05, 4.69) is 0 Å². The monoisotopic (exact) mass is 450 g/mol. The maximum Gasteiger partial charge on any atom is 0.333 e. The molecule has 0 aromatic heterocycles. The van der Waals surface area contributed by atoms with Crippen LogP contribution in [0.3, 0.4) is 0 Å². The van der Waals surface area contributed by atoms with Crippen LogP contribution in [0.15, 0.2) is 35.9 Å². The molecule has 0 fully saturated rings. The number of amides is 1. The van der Waals surface area contributed by atoms with Gasteiger partial charge in [0.1, 0.15) is 5.75 Å². The number of hydrogen-bond donors (Lipinski definition) is 1. The average Bonchev–Trinajstić information content (AvgIpc) is 2.74. The van der Waals surface area contributed by atoms with Crippen LogP contribution in [0.2, 0.25) is 0 Å². The Morgan fingerprint density at radius 2 is 1.81 bits per heavy atom. The second-order valence-corrected chi connectivity index (χ2v) is 10.1. The zero-order chi connectivity index (χ0) is 23.8. The maximum atomic E-state index is 13.2. The summed E-state index contributed by atoms with van der Waals surface area (Å²) in [4.78, 5) is 26.9. The fraction of sp³-hybridized carbons (Fsp3) is 0.583. The number of rotatable bonds is 11. The van der Waals surface area contributed by atoms with E-state index in [1.807, 2.05) is 52.0 Å². The molecule has 31 heavy (non-hydrogen) atoms. The second kappa shape index (κ2) is 12.2. The number of carbonyl (C=O) groups excluding carboxylic acids is 2. The van der Waals surface area contributed by atoms with E-state index in [1.165, 1.54) is 0 Å². The van der Waals surface area contributed by atoms with Gasteiger partial charge in [-0.1, -0.05) is 32.1 Å². The molecule has 0 aliphatic heterocycles. The lowest BCUT2D eigenvalue weighted by molar-refractivity contribution is -0.139. The molecule has 0 saturated heterocycles. The van der Waals surface area contributed by atoms with Crippen molar-refractivity contribution in [2.75, 3.05) is 20.8 Å². The minimum absolute atomic E-state index is 0.112. The van der Waals surface area contributed by atoms with E-state index in [0.29, 0.717) is 12.2 Å². The van der Waals surface area contributed by atoms with E-state index in [-0.39, 0.29) is 23.8 Å². The first-order valence-electron chi connectivity index (χ1n) is 10.6. The summed E-state index contributed by atoms with van der Waals surface area (Å²) >= 11 is 1.64. The molecule has 2 N–H and O–H groups in total. The Balaban J connectivity index is 2.90. The van der Waals surface area contributed by atoms with Gasteiger partial charge in [0.05, 0.1) is 25.8 Å². The number of thioether (sulfide) groups is 1. The summed E-state index contributed by atoms with van der Waals surface area (Å²) in [6.07, 6.45) is 1.80. The Morgan fingerprint density at radius 1 is 1.23 bits per heavy atom. The molecule has 0 aliphatic carbocycles. The number of likely N-dealkylation sites (N-methyl/N-ethyl adjacent to an activating group) is 1. The predicted molar refractivity (Wildman–Crippen MR) is 128 cm³/mol. The van der Waals surface area contributed by atoms with E-state index >= 15 is 0 Å². The molecule has 1 amide bonds. The SMILES string of the molecule is CCOC(=O)/C(C)=C/[C@H](C(C)C)N(C)C(=O)[C@@H](N)C(C)(C)SCc1ccc(OC)cc1.